The Hall–Kier alpha value is -1.53. The first-order chi connectivity index (χ1) is 12.7. The van der Waals surface area contributed by atoms with Crippen molar-refractivity contribution in [3.05, 3.63) is 30.1 Å². The molecule has 26 heavy (non-hydrogen) atoms. The summed E-state index contributed by atoms with van der Waals surface area (Å²) in [5.41, 5.74) is 0. The van der Waals surface area contributed by atoms with Gasteiger partial charge in [-0.3, -0.25) is 4.90 Å². The van der Waals surface area contributed by atoms with Crippen molar-refractivity contribution >= 4 is 17.6 Å². The second kappa shape index (κ2) is 9.42. The van der Waals surface area contributed by atoms with Gasteiger partial charge in [0, 0.05) is 44.6 Å². The standard InChI is InChI=1S/C19H27ClFN3O2/c20-9-10-22-19(25)24-11-5-15(6-12-24)23-13-7-16(8-14-23)26-18-4-2-1-3-17(18)21/h1-4,15-16H,5-14H2,(H,22,25). The van der Waals surface area contributed by atoms with Gasteiger partial charge in [-0.15, -0.1) is 11.6 Å². The second-order valence-corrected chi connectivity index (χ2v) is 7.30. The van der Waals surface area contributed by atoms with Gasteiger partial charge in [-0.2, -0.15) is 0 Å². The lowest BCUT2D eigenvalue weighted by atomic mass is 9.99. The first-order valence-electron chi connectivity index (χ1n) is 9.41. The molecule has 5 nitrogen and oxygen atoms in total. The number of piperidine rings is 2. The number of carbonyl (C=O) groups excluding carboxylic acids is 1. The Morgan fingerprint density at radius 1 is 1.15 bits per heavy atom. The number of urea groups is 1. The van der Waals surface area contributed by atoms with Crippen LogP contribution in [0.15, 0.2) is 24.3 Å². The predicted octanol–water partition coefficient (Wildman–Crippen LogP) is 3.08. The molecule has 1 aromatic rings. The Kier molecular flexibility index (Phi) is 6.97. The Morgan fingerprint density at radius 3 is 2.50 bits per heavy atom. The Bertz CT molecular complexity index is 588. The van der Waals surface area contributed by atoms with E-state index in [9.17, 15) is 9.18 Å². The molecule has 144 valence electrons. The van der Waals surface area contributed by atoms with E-state index in [-0.39, 0.29) is 18.0 Å². The van der Waals surface area contributed by atoms with Crippen molar-refractivity contribution in [3.63, 3.8) is 0 Å². The van der Waals surface area contributed by atoms with Crippen molar-refractivity contribution in [3.8, 4) is 5.75 Å². The number of likely N-dealkylation sites (tertiary alicyclic amines) is 2. The first kappa shape index (κ1) is 19.2. The molecule has 2 fully saturated rings. The van der Waals surface area contributed by atoms with Gasteiger partial charge >= 0.3 is 6.03 Å². The molecule has 2 aliphatic heterocycles. The van der Waals surface area contributed by atoms with Crippen molar-refractivity contribution in [1.29, 1.82) is 0 Å². The van der Waals surface area contributed by atoms with E-state index >= 15 is 0 Å². The summed E-state index contributed by atoms with van der Waals surface area (Å²) in [5, 5.41) is 2.82. The maximum Gasteiger partial charge on any atom is 0.317 e. The Balaban J connectivity index is 1.40. The van der Waals surface area contributed by atoms with Gasteiger partial charge in [0.05, 0.1) is 0 Å². The van der Waals surface area contributed by atoms with Crippen LogP contribution in [-0.2, 0) is 0 Å². The largest absolute Gasteiger partial charge is 0.487 e. The number of amides is 2. The van der Waals surface area contributed by atoms with Crippen LogP contribution in [-0.4, -0.2) is 66.6 Å². The highest BCUT2D eigenvalue weighted by atomic mass is 35.5. The monoisotopic (exact) mass is 383 g/mol. The molecule has 1 N–H and O–H groups in total. The minimum atomic E-state index is -0.297. The lowest BCUT2D eigenvalue weighted by Gasteiger charge is -2.41. The molecular formula is C19H27ClFN3O2. The molecule has 2 saturated heterocycles. The number of nitrogens with one attached hydrogen (secondary N) is 1. The van der Waals surface area contributed by atoms with E-state index < -0.39 is 0 Å². The topological polar surface area (TPSA) is 44.8 Å². The van der Waals surface area contributed by atoms with E-state index in [1.165, 1.54) is 6.07 Å². The van der Waals surface area contributed by atoms with Crippen LogP contribution < -0.4 is 10.1 Å². The van der Waals surface area contributed by atoms with Gasteiger partial charge in [-0.1, -0.05) is 12.1 Å². The Morgan fingerprint density at radius 2 is 1.85 bits per heavy atom. The summed E-state index contributed by atoms with van der Waals surface area (Å²) in [7, 11) is 0. The molecule has 3 rings (SSSR count). The minimum absolute atomic E-state index is 0.0129. The highest BCUT2D eigenvalue weighted by molar-refractivity contribution is 6.18. The number of para-hydroxylation sites is 1. The van der Waals surface area contributed by atoms with E-state index in [2.05, 4.69) is 10.2 Å². The quantitative estimate of drug-likeness (QED) is 0.795. The summed E-state index contributed by atoms with van der Waals surface area (Å²) in [6.45, 7) is 4.00. The van der Waals surface area contributed by atoms with Crippen molar-refractivity contribution in [2.75, 3.05) is 38.6 Å². The number of nitrogens with zero attached hydrogens (tertiary/aromatic N) is 2. The number of hydrogen-bond acceptors (Lipinski definition) is 3. The van der Waals surface area contributed by atoms with Crippen LogP contribution in [0.3, 0.4) is 0 Å². The summed E-state index contributed by atoms with van der Waals surface area (Å²) >= 11 is 5.61. The van der Waals surface area contributed by atoms with Crippen molar-refractivity contribution in [2.24, 2.45) is 0 Å². The molecule has 7 heteroatoms. The summed E-state index contributed by atoms with van der Waals surface area (Å²) < 4.78 is 19.5. The van der Waals surface area contributed by atoms with Crippen LogP contribution in [0.1, 0.15) is 25.7 Å². The molecule has 1 aromatic carbocycles. The van der Waals surface area contributed by atoms with Crippen LogP contribution in [0, 0.1) is 5.82 Å². The third-order valence-corrected chi connectivity index (χ3v) is 5.43. The summed E-state index contributed by atoms with van der Waals surface area (Å²) in [6.07, 6.45) is 3.88. The molecule has 0 saturated carbocycles. The summed E-state index contributed by atoms with van der Waals surface area (Å²) in [4.78, 5) is 16.3. The van der Waals surface area contributed by atoms with Crippen LogP contribution >= 0.6 is 11.6 Å². The minimum Gasteiger partial charge on any atom is -0.487 e. The fourth-order valence-corrected chi connectivity index (χ4v) is 3.87. The lowest BCUT2D eigenvalue weighted by Crippen LogP contribution is -2.52. The smallest absolute Gasteiger partial charge is 0.317 e. The van der Waals surface area contributed by atoms with Gasteiger partial charge in [0.15, 0.2) is 11.6 Å². The van der Waals surface area contributed by atoms with Gasteiger partial charge < -0.3 is 15.0 Å². The molecule has 2 heterocycles. The molecule has 0 aliphatic carbocycles. The van der Waals surface area contributed by atoms with E-state index in [0.29, 0.717) is 24.2 Å². The van der Waals surface area contributed by atoms with Crippen LogP contribution in [0.2, 0.25) is 0 Å². The fourth-order valence-electron chi connectivity index (χ4n) is 3.78. The molecule has 0 spiro atoms. The van der Waals surface area contributed by atoms with Crippen molar-refractivity contribution in [1.82, 2.24) is 15.1 Å². The number of ether oxygens (including phenoxy) is 1. The lowest BCUT2D eigenvalue weighted by molar-refractivity contribution is 0.0520. The third-order valence-electron chi connectivity index (χ3n) is 5.25. The van der Waals surface area contributed by atoms with E-state index in [1.807, 2.05) is 4.90 Å². The van der Waals surface area contributed by atoms with Crippen molar-refractivity contribution < 1.29 is 13.9 Å². The number of carbonyl (C=O) groups is 1. The van der Waals surface area contributed by atoms with Gasteiger partial charge in [-0.25, -0.2) is 9.18 Å². The molecule has 2 aliphatic rings. The molecule has 0 radical (unpaired) electrons. The van der Waals surface area contributed by atoms with Crippen molar-refractivity contribution in [2.45, 2.75) is 37.8 Å². The number of rotatable bonds is 5. The number of halogens is 2. The highest BCUT2D eigenvalue weighted by Crippen LogP contribution is 2.25. The molecule has 0 bridgehead atoms. The van der Waals surface area contributed by atoms with Gasteiger partial charge in [0.1, 0.15) is 6.10 Å². The van der Waals surface area contributed by atoms with Crippen LogP contribution in [0.25, 0.3) is 0 Å². The van der Waals surface area contributed by atoms with E-state index in [0.717, 1.165) is 51.9 Å². The SMILES string of the molecule is O=C(NCCCl)N1CCC(N2CCC(Oc3ccccc3F)CC2)CC1. The van der Waals surface area contributed by atoms with Gasteiger partial charge in [0.2, 0.25) is 0 Å². The maximum atomic E-state index is 13.7. The normalized spacial score (nSPS) is 20.2. The number of hydrogen-bond donors (Lipinski definition) is 1. The third kappa shape index (κ3) is 5.01. The van der Waals surface area contributed by atoms with Crippen LogP contribution in [0.4, 0.5) is 9.18 Å². The number of benzene rings is 1. The fraction of sp³-hybridized carbons (Fsp3) is 0.632. The first-order valence-corrected chi connectivity index (χ1v) is 9.95. The molecular weight excluding hydrogens is 357 g/mol. The molecule has 0 unspecified atom stereocenters. The average molecular weight is 384 g/mol. The molecule has 2 amide bonds. The zero-order valence-corrected chi connectivity index (χ0v) is 15.8. The number of alkyl halides is 1. The zero-order valence-electron chi connectivity index (χ0n) is 15.0. The predicted molar refractivity (Wildman–Crippen MR) is 100 cm³/mol. The zero-order chi connectivity index (χ0) is 18.4. The van der Waals surface area contributed by atoms with Gasteiger partial charge in [0.25, 0.3) is 0 Å². The average Bonchev–Trinajstić information content (AvgIpc) is 2.68. The summed E-state index contributed by atoms with van der Waals surface area (Å²) in [6, 6.07) is 7.09. The summed E-state index contributed by atoms with van der Waals surface area (Å²) in [5.74, 6) is 0.489. The van der Waals surface area contributed by atoms with Crippen LogP contribution in [0.5, 0.6) is 5.75 Å². The molecule has 0 aromatic heterocycles. The maximum absolute atomic E-state index is 13.7. The van der Waals surface area contributed by atoms with E-state index in [4.69, 9.17) is 16.3 Å². The second-order valence-electron chi connectivity index (χ2n) is 6.92. The highest BCUT2D eigenvalue weighted by Gasteiger charge is 2.30. The Labute approximate surface area is 159 Å². The van der Waals surface area contributed by atoms with Gasteiger partial charge in [-0.05, 0) is 37.8 Å². The molecule has 0 atom stereocenters. The van der Waals surface area contributed by atoms with E-state index in [1.54, 1.807) is 18.2 Å².